The summed E-state index contributed by atoms with van der Waals surface area (Å²) in [5, 5.41) is 10.2. The highest BCUT2D eigenvalue weighted by atomic mass is 16.4. The van der Waals surface area contributed by atoms with E-state index in [1.807, 2.05) is 0 Å². The van der Waals surface area contributed by atoms with Crippen molar-refractivity contribution in [2.24, 2.45) is 0 Å². The molecular formula is C8H17NO2. The summed E-state index contributed by atoms with van der Waals surface area (Å²) in [7, 11) is 2.06. The zero-order valence-corrected chi connectivity index (χ0v) is 7.59. The summed E-state index contributed by atoms with van der Waals surface area (Å²) < 4.78 is 0.813. The minimum atomic E-state index is -0.948. The second-order valence-corrected chi connectivity index (χ2v) is 3.10. The molecule has 3 nitrogen and oxygen atoms in total. The molecule has 0 aliphatic rings. The van der Waals surface area contributed by atoms with E-state index < -0.39 is 5.97 Å². The number of hydrogen-bond donors (Lipinski definition) is 0. The number of quaternary nitrogens is 1. The van der Waals surface area contributed by atoms with Crippen molar-refractivity contribution in [2.45, 2.75) is 20.3 Å². The van der Waals surface area contributed by atoms with Crippen LogP contribution in [0, 0.1) is 0 Å². The second kappa shape index (κ2) is 4.34. The summed E-state index contributed by atoms with van der Waals surface area (Å²) in [6.45, 7) is 6.76. The summed E-state index contributed by atoms with van der Waals surface area (Å²) in [6.07, 6.45) is 0.165. The zero-order chi connectivity index (χ0) is 8.91. The van der Waals surface area contributed by atoms with Gasteiger partial charge in [-0.05, 0) is 13.8 Å². The Hall–Kier alpha value is -0.570. The molecule has 0 N–H and O–H groups in total. The quantitative estimate of drug-likeness (QED) is 0.513. The lowest BCUT2D eigenvalue weighted by Crippen LogP contribution is -2.46. The summed E-state index contributed by atoms with van der Waals surface area (Å²) in [5.74, 6) is -0.948. The van der Waals surface area contributed by atoms with E-state index in [4.69, 9.17) is 0 Å². The van der Waals surface area contributed by atoms with E-state index in [-0.39, 0.29) is 6.42 Å². The Kier molecular flexibility index (Phi) is 4.11. The van der Waals surface area contributed by atoms with E-state index in [0.29, 0.717) is 6.54 Å². The van der Waals surface area contributed by atoms with Gasteiger partial charge < -0.3 is 14.4 Å². The maximum Gasteiger partial charge on any atom is 0.0837 e. The summed E-state index contributed by atoms with van der Waals surface area (Å²) in [6, 6.07) is 0. The largest absolute Gasteiger partial charge is 0.550 e. The standard InChI is InChI=1S/C8H17NO2/c1-4-9(3,5-2)7-6-8(10)11/h4-7H2,1-3H3. The highest BCUT2D eigenvalue weighted by molar-refractivity contribution is 5.64. The van der Waals surface area contributed by atoms with Crippen LogP contribution in [-0.4, -0.2) is 37.1 Å². The molecule has 11 heavy (non-hydrogen) atoms. The average Bonchev–Trinajstić information content (AvgIpc) is 2.00. The van der Waals surface area contributed by atoms with Crippen LogP contribution >= 0.6 is 0 Å². The normalized spacial score (nSPS) is 11.5. The number of hydrogen-bond acceptors (Lipinski definition) is 2. The van der Waals surface area contributed by atoms with Gasteiger partial charge in [-0.25, -0.2) is 0 Å². The molecule has 0 aromatic rings. The lowest BCUT2D eigenvalue weighted by atomic mass is 10.3. The van der Waals surface area contributed by atoms with Gasteiger partial charge in [0.25, 0.3) is 0 Å². The zero-order valence-electron chi connectivity index (χ0n) is 7.59. The van der Waals surface area contributed by atoms with Gasteiger partial charge in [-0.1, -0.05) is 0 Å². The van der Waals surface area contributed by atoms with Crippen LogP contribution in [0.4, 0.5) is 0 Å². The lowest BCUT2D eigenvalue weighted by molar-refractivity contribution is -0.905. The molecule has 0 spiro atoms. The van der Waals surface area contributed by atoms with Crippen molar-refractivity contribution >= 4 is 5.97 Å². The predicted molar refractivity (Wildman–Crippen MR) is 41.8 cm³/mol. The number of carbonyl (C=O) groups excluding carboxylic acids is 1. The number of carbonyl (C=O) groups is 1. The molecule has 0 amide bonds. The molecule has 0 atom stereocenters. The molecule has 0 rings (SSSR count). The van der Waals surface area contributed by atoms with Gasteiger partial charge in [-0.2, -0.15) is 0 Å². The minimum absolute atomic E-state index is 0.165. The van der Waals surface area contributed by atoms with Crippen LogP contribution in [0.5, 0.6) is 0 Å². The molecule has 0 saturated carbocycles. The second-order valence-electron chi connectivity index (χ2n) is 3.10. The van der Waals surface area contributed by atoms with E-state index in [1.54, 1.807) is 0 Å². The van der Waals surface area contributed by atoms with E-state index in [0.717, 1.165) is 17.6 Å². The van der Waals surface area contributed by atoms with E-state index >= 15 is 0 Å². The van der Waals surface area contributed by atoms with Gasteiger partial charge in [0.2, 0.25) is 0 Å². The van der Waals surface area contributed by atoms with Gasteiger partial charge in [-0.15, -0.1) is 0 Å². The first-order valence-corrected chi connectivity index (χ1v) is 4.07. The van der Waals surface area contributed by atoms with Crippen LogP contribution in [0.3, 0.4) is 0 Å². The maximum atomic E-state index is 10.2. The van der Waals surface area contributed by atoms with Crippen LogP contribution in [0.15, 0.2) is 0 Å². The van der Waals surface area contributed by atoms with Gasteiger partial charge >= 0.3 is 0 Å². The Morgan fingerprint density at radius 3 is 2.09 bits per heavy atom. The molecule has 0 unspecified atom stereocenters. The molecule has 0 fully saturated rings. The molecule has 0 aromatic carbocycles. The van der Waals surface area contributed by atoms with Gasteiger partial charge in [0, 0.05) is 12.4 Å². The topological polar surface area (TPSA) is 40.1 Å². The van der Waals surface area contributed by atoms with Crippen LogP contribution in [0.25, 0.3) is 0 Å². The average molecular weight is 159 g/mol. The third kappa shape index (κ3) is 3.98. The molecule has 0 aliphatic carbocycles. The number of rotatable bonds is 5. The summed E-state index contributed by atoms with van der Waals surface area (Å²) in [4.78, 5) is 10.2. The van der Waals surface area contributed by atoms with Gasteiger partial charge in [-0.3, -0.25) is 0 Å². The maximum absolute atomic E-state index is 10.2. The fourth-order valence-corrected chi connectivity index (χ4v) is 0.901. The van der Waals surface area contributed by atoms with Crippen LogP contribution in [-0.2, 0) is 4.79 Å². The molecule has 0 heterocycles. The minimum Gasteiger partial charge on any atom is -0.550 e. The molecule has 0 bridgehead atoms. The third-order valence-electron chi connectivity index (χ3n) is 2.38. The smallest absolute Gasteiger partial charge is 0.0837 e. The van der Waals surface area contributed by atoms with Crippen LogP contribution in [0.1, 0.15) is 20.3 Å². The molecule has 0 saturated heterocycles. The predicted octanol–water partition coefficient (Wildman–Crippen LogP) is -0.387. The van der Waals surface area contributed by atoms with Gasteiger partial charge in [0.05, 0.1) is 26.7 Å². The van der Waals surface area contributed by atoms with E-state index in [2.05, 4.69) is 20.9 Å². The third-order valence-corrected chi connectivity index (χ3v) is 2.38. The van der Waals surface area contributed by atoms with E-state index in [9.17, 15) is 9.90 Å². The monoisotopic (exact) mass is 159 g/mol. The Bertz CT molecular complexity index is 130. The number of carboxylic acid groups (broad SMARTS) is 1. The highest BCUT2D eigenvalue weighted by Crippen LogP contribution is 2.01. The first-order valence-electron chi connectivity index (χ1n) is 4.07. The van der Waals surface area contributed by atoms with E-state index in [1.165, 1.54) is 0 Å². The summed E-state index contributed by atoms with van der Waals surface area (Å²) in [5.41, 5.74) is 0. The van der Waals surface area contributed by atoms with Crippen molar-refractivity contribution in [1.29, 1.82) is 0 Å². The number of nitrogens with zero attached hydrogens (tertiary/aromatic N) is 1. The number of aliphatic carboxylic acids is 1. The molecule has 66 valence electrons. The molecular weight excluding hydrogens is 142 g/mol. The first-order chi connectivity index (χ1) is 5.04. The fraction of sp³-hybridized carbons (Fsp3) is 0.875. The van der Waals surface area contributed by atoms with Crippen LogP contribution < -0.4 is 5.11 Å². The molecule has 3 heteroatoms. The highest BCUT2D eigenvalue weighted by Gasteiger charge is 2.14. The fourth-order valence-electron chi connectivity index (χ4n) is 0.901. The van der Waals surface area contributed by atoms with Crippen molar-refractivity contribution in [1.82, 2.24) is 0 Å². The van der Waals surface area contributed by atoms with Crippen molar-refractivity contribution < 1.29 is 14.4 Å². The lowest BCUT2D eigenvalue weighted by Gasteiger charge is -2.32. The molecule has 0 radical (unpaired) electrons. The van der Waals surface area contributed by atoms with Crippen molar-refractivity contribution in [3.8, 4) is 0 Å². The Balaban J connectivity index is 3.78. The Labute approximate surface area is 68.2 Å². The van der Waals surface area contributed by atoms with Gasteiger partial charge in [0.15, 0.2) is 0 Å². The van der Waals surface area contributed by atoms with Gasteiger partial charge in [0.1, 0.15) is 0 Å². The summed E-state index contributed by atoms with van der Waals surface area (Å²) >= 11 is 0. The first kappa shape index (κ1) is 10.4. The Morgan fingerprint density at radius 1 is 1.36 bits per heavy atom. The van der Waals surface area contributed by atoms with Crippen molar-refractivity contribution in [3.05, 3.63) is 0 Å². The Morgan fingerprint density at radius 2 is 1.82 bits per heavy atom. The number of carboxylic acids is 1. The van der Waals surface area contributed by atoms with Crippen molar-refractivity contribution in [2.75, 3.05) is 26.7 Å². The van der Waals surface area contributed by atoms with Crippen molar-refractivity contribution in [3.63, 3.8) is 0 Å². The van der Waals surface area contributed by atoms with Crippen LogP contribution in [0.2, 0.25) is 0 Å². The molecule has 0 aliphatic heterocycles. The SMILES string of the molecule is CC[N+](C)(CC)CCC(=O)[O-]. The molecule has 0 aromatic heterocycles.